The number of nitriles is 1. The number of rotatable bonds is 9. The molecular weight excluding hydrogens is 514 g/mol. The van der Waals surface area contributed by atoms with Crippen molar-refractivity contribution in [3.63, 3.8) is 0 Å². The first-order chi connectivity index (χ1) is 19.2. The summed E-state index contributed by atoms with van der Waals surface area (Å²) in [4.78, 5) is 36.1. The van der Waals surface area contributed by atoms with E-state index in [0.717, 1.165) is 5.56 Å². The largest absolute Gasteiger partial charge is 0.493 e. The molecule has 0 saturated carbocycles. The van der Waals surface area contributed by atoms with Gasteiger partial charge in [-0.3, -0.25) is 14.0 Å². The third kappa shape index (κ3) is 5.39. The van der Waals surface area contributed by atoms with E-state index >= 15 is 0 Å². The van der Waals surface area contributed by atoms with Crippen molar-refractivity contribution in [1.29, 1.82) is 5.26 Å². The Bertz CT molecular complexity index is 1740. The molecule has 0 atom stereocenters. The van der Waals surface area contributed by atoms with Gasteiger partial charge in [0.1, 0.15) is 17.4 Å². The number of aryl methyl sites for hydroxylation is 2. The summed E-state index contributed by atoms with van der Waals surface area (Å²) in [5, 5.41) is 10.3. The van der Waals surface area contributed by atoms with Gasteiger partial charge in [-0.15, -0.1) is 0 Å². The maximum atomic E-state index is 13.5. The maximum absolute atomic E-state index is 13.5. The van der Waals surface area contributed by atoms with Gasteiger partial charge in [0.2, 0.25) is 5.75 Å². The monoisotopic (exact) mass is 545 g/mol. The number of nitrogens with zero attached hydrogens (tertiary/aromatic N) is 5. The highest BCUT2D eigenvalue weighted by Crippen LogP contribution is 2.38. The summed E-state index contributed by atoms with van der Waals surface area (Å²) in [6.07, 6.45) is 2.20. The summed E-state index contributed by atoms with van der Waals surface area (Å²) in [7, 11) is 4.36. The zero-order valence-corrected chi connectivity index (χ0v) is 23.3. The van der Waals surface area contributed by atoms with Crippen LogP contribution in [0.25, 0.3) is 16.7 Å². The summed E-state index contributed by atoms with van der Waals surface area (Å²) < 4.78 is 24.9. The van der Waals surface area contributed by atoms with E-state index in [-0.39, 0.29) is 45.2 Å². The molecule has 208 valence electrons. The van der Waals surface area contributed by atoms with E-state index < -0.39 is 5.91 Å². The number of carbonyl (C=O) groups is 1. The lowest BCUT2D eigenvalue weighted by Gasteiger charge is -2.15. The Morgan fingerprint density at radius 1 is 1.10 bits per heavy atom. The average Bonchev–Trinajstić information content (AvgIpc) is 2.95. The van der Waals surface area contributed by atoms with Gasteiger partial charge < -0.3 is 23.5 Å². The molecule has 0 saturated heterocycles. The van der Waals surface area contributed by atoms with Crippen LogP contribution in [-0.2, 0) is 11.3 Å². The van der Waals surface area contributed by atoms with Gasteiger partial charge in [-0.25, -0.2) is 4.98 Å². The van der Waals surface area contributed by atoms with Crippen LogP contribution in [0.2, 0.25) is 0 Å². The number of fused-ring (bicyclic) bond motifs is 2. The molecule has 4 rings (SSSR count). The first-order valence-electron chi connectivity index (χ1n) is 12.7. The Hall–Kier alpha value is -4.69. The Labute approximate surface area is 230 Å². The van der Waals surface area contributed by atoms with Crippen molar-refractivity contribution in [1.82, 2.24) is 14.0 Å². The fourth-order valence-corrected chi connectivity index (χ4v) is 4.41. The molecule has 11 heteroatoms. The molecule has 0 aliphatic rings. The van der Waals surface area contributed by atoms with E-state index in [1.165, 1.54) is 43.9 Å². The molecule has 3 heterocycles. The number of ether oxygens (including phenoxy) is 4. The first kappa shape index (κ1) is 28.3. The van der Waals surface area contributed by atoms with Crippen molar-refractivity contribution in [2.45, 2.75) is 39.8 Å². The number of carbonyl (C=O) groups excluding carboxylic acids is 1. The smallest absolute Gasteiger partial charge is 0.279 e. The van der Waals surface area contributed by atoms with E-state index in [1.807, 2.05) is 26.8 Å². The number of benzene rings is 1. The maximum Gasteiger partial charge on any atom is 0.279 e. The van der Waals surface area contributed by atoms with Gasteiger partial charge in [0.15, 0.2) is 17.0 Å². The second kappa shape index (κ2) is 12.0. The number of aromatic nitrogens is 3. The van der Waals surface area contributed by atoms with Crippen LogP contribution in [-0.4, -0.2) is 53.9 Å². The van der Waals surface area contributed by atoms with E-state index in [0.29, 0.717) is 36.6 Å². The lowest BCUT2D eigenvalue weighted by molar-refractivity contribution is 0.0748. The van der Waals surface area contributed by atoms with Crippen LogP contribution in [0, 0.1) is 18.3 Å². The highest BCUT2D eigenvalue weighted by molar-refractivity contribution is 5.96. The molecule has 4 aromatic rings. The molecule has 0 radical (unpaired) electrons. The average molecular weight is 546 g/mol. The minimum atomic E-state index is -0.643. The van der Waals surface area contributed by atoms with Crippen molar-refractivity contribution in [2.24, 2.45) is 4.99 Å². The number of hydrogen-bond acceptors (Lipinski definition) is 8. The molecule has 0 aliphatic carbocycles. The Morgan fingerprint density at radius 3 is 2.40 bits per heavy atom. The molecule has 11 nitrogen and oxygen atoms in total. The van der Waals surface area contributed by atoms with Crippen molar-refractivity contribution in [3.8, 4) is 23.3 Å². The first-order valence-corrected chi connectivity index (χ1v) is 12.7. The third-order valence-corrected chi connectivity index (χ3v) is 6.32. The SMILES string of the molecule is COc1cc(C(=O)N=c2c(C#N)cc3c(=O)n4cccc(C)c4nc3n2CCCOC(C)C)cc(OC)c1OC. The molecule has 3 aromatic heterocycles. The summed E-state index contributed by atoms with van der Waals surface area (Å²) >= 11 is 0. The highest BCUT2D eigenvalue weighted by Gasteiger charge is 2.19. The molecular formula is C29H31N5O6. The van der Waals surface area contributed by atoms with Crippen LogP contribution in [0.4, 0.5) is 0 Å². The number of pyridine rings is 2. The van der Waals surface area contributed by atoms with Gasteiger partial charge >= 0.3 is 0 Å². The summed E-state index contributed by atoms with van der Waals surface area (Å²) in [5.74, 6) is 0.262. The van der Waals surface area contributed by atoms with Crippen LogP contribution in [0.3, 0.4) is 0 Å². The summed E-state index contributed by atoms with van der Waals surface area (Å²) in [6.45, 7) is 6.46. The van der Waals surface area contributed by atoms with E-state index in [1.54, 1.807) is 16.8 Å². The van der Waals surface area contributed by atoms with Crippen molar-refractivity contribution >= 4 is 22.6 Å². The minimum absolute atomic E-state index is 0.0346. The Kier molecular flexibility index (Phi) is 8.50. The zero-order valence-electron chi connectivity index (χ0n) is 23.3. The molecule has 0 N–H and O–H groups in total. The second-order valence-electron chi connectivity index (χ2n) is 9.29. The topological polar surface area (TPSA) is 129 Å². The predicted molar refractivity (Wildman–Crippen MR) is 148 cm³/mol. The van der Waals surface area contributed by atoms with Gasteiger partial charge in [0, 0.05) is 24.9 Å². The van der Waals surface area contributed by atoms with E-state index in [9.17, 15) is 14.9 Å². The molecule has 0 unspecified atom stereocenters. The van der Waals surface area contributed by atoms with Crippen LogP contribution in [0.1, 0.15) is 41.8 Å². The molecule has 0 aliphatic heterocycles. The standard InChI is InChI=1S/C29H31N5O6/c1-17(2)40-12-8-11-33-26(32-28(35)19-14-22(37-4)24(39-6)23(15-19)38-5)20(16-30)13-21-27(33)31-25-18(3)9-7-10-34(25)29(21)36/h7,9-10,13-15,17H,8,11-12H2,1-6H3. The van der Waals surface area contributed by atoms with Gasteiger partial charge in [-0.2, -0.15) is 10.3 Å². The van der Waals surface area contributed by atoms with Gasteiger partial charge in [-0.05, 0) is 57.0 Å². The third-order valence-electron chi connectivity index (χ3n) is 6.32. The van der Waals surface area contributed by atoms with Crippen LogP contribution in [0.5, 0.6) is 17.2 Å². The molecule has 40 heavy (non-hydrogen) atoms. The predicted octanol–water partition coefficient (Wildman–Crippen LogP) is 3.41. The lowest BCUT2D eigenvalue weighted by atomic mass is 10.1. The van der Waals surface area contributed by atoms with Gasteiger partial charge in [0.25, 0.3) is 11.5 Å². The normalized spacial score (nSPS) is 11.7. The van der Waals surface area contributed by atoms with Crippen molar-refractivity contribution in [2.75, 3.05) is 27.9 Å². The summed E-state index contributed by atoms with van der Waals surface area (Å²) in [5.41, 5.74) is 1.57. The lowest BCUT2D eigenvalue weighted by Crippen LogP contribution is -2.30. The minimum Gasteiger partial charge on any atom is -0.493 e. The number of methoxy groups -OCH3 is 3. The molecule has 0 fully saturated rings. The summed E-state index contributed by atoms with van der Waals surface area (Å²) in [6, 6.07) is 10.1. The van der Waals surface area contributed by atoms with Crippen LogP contribution in [0.15, 0.2) is 46.3 Å². The van der Waals surface area contributed by atoms with E-state index in [4.69, 9.17) is 23.9 Å². The highest BCUT2D eigenvalue weighted by atomic mass is 16.5. The van der Waals surface area contributed by atoms with Gasteiger partial charge in [-0.1, -0.05) is 6.07 Å². The van der Waals surface area contributed by atoms with Crippen LogP contribution >= 0.6 is 0 Å². The van der Waals surface area contributed by atoms with E-state index in [2.05, 4.69) is 11.1 Å². The van der Waals surface area contributed by atoms with Crippen molar-refractivity contribution in [3.05, 3.63) is 69.1 Å². The quantitative estimate of drug-likeness (QED) is 0.231. The Morgan fingerprint density at radius 2 is 1.80 bits per heavy atom. The van der Waals surface area contributed by atoms with Crippen LogP contribution < -0.4 is 25.3 Å². The molecule has 1 amide bonds. The fraction of sp³-hybridized carbons (Fsp3) is 0.345. The second-order valence-corrected chi connectivity index (χ2v) is 9.29. The molecule has 1 aromatic carbocycles. The number of hydrogen-bond donors (Lipinski definition) is 0. The van der Waals surface area contributed by atoms with Gasteiger partial charge in [0.05, 0.1) is 38.4 Å². The molecule has 0 bridgehead atoms. The van der Waals surface area contributed by atoms with Crippen molar-refractivity contribution < 1.29 is 23.7 Å². The Balaban J connectivity index is 2.00. The zero-order chi connectivity index (χ0) is 29.0. The fourth-order valence-electron chi connectivity index (χ4n) is 4.41. The number of amides is 1. The molecule has 0 spiro atoms.